The summed E-state index contributed by atoms with van der Waals surface area (Å²) in [6.07, 6.45) is 0. The first-order valence-electron chi connectivity index (χ1n) is 6.91. The van der Waals surface area contributed by atoms with Crippen molar-refractivity contribution in [1.82, 2.24) is 4.90 Å². The standard InChI is InChI=1S/C17H19F2NO/c1-13(14-7-9-15(18)10-8-14)20(2)11-12-21-17-6-4-3-5-16(17)19/h3-10,13H,11-12H2,1-2H3. The Bertz CT molecular complexity index is 571. The molecule has 0 N–H and O–H groups in total. The molecule has 2 nitrogen and oxygen atoms in total. The summed E-state index contributed by atoms with van der Waals surface area (Å²) in [5.41, 5.74) is 1.03. The molecule has 0 aromatic heterocycles. The summed E-state index contributed by atoms with van der Waals surface area (Å²) in [5, 5.41) is 0. The lowest BCUT2D eigenvalue weighted by molar-refractivity contribution is 0.197. The molecule has 0 spiro atoms. The van der Waals surface area contributed by atoms with Crippen LogP contribution < -0.4 is 4.74 Å². The largest absolute Gasteiger partial charge is 0.489 e. The van der Waals surface area contributed by atoms with Crippen LogP contribution in [0.25, 0.3) is 0 Å². The van der Waals surface area contributed by atoms with Gasteiger partial charge >= 0.3 is 0 Å². The first-order chi connectivity index (χ1) is 10.1. The van der Waals surface area contributed by atoms with Crippen molar-refractivity contribution in [3.8, 4) is 5.75 Å². The lowest BCUT2D eigenvalue weighted by Gasteiger charge is -2.25. The Kier molecular flexibility index (Phi) is 5.28. The van der Waals surface area contributed by atoms with Gasteiger partial charge in [-0.25, -0.2) is 8.78 Å². The fourth-order valence-electron chi connectivity index (χ4n) is 2.05. The Morgan fingerprint density at radius 1 is 1.05 bits per heavy atom. The molecular formula is C17H19F2NO. The molecular weight excluding hydrogens is 272 g/mol. The predicted molar refractivity (Wildman–Crippen MR) is 79.3 cm³/mol. The zero-order chi connectivity index (χ0) is 15.2. The zero-order valence-corrected chi connectivity index (χ0v) is 12.2. The molecule has 2 aromatic carbocycles. The van der Waals surface area contributed by atoms with E-state index in [-0.39, 0.29) is 23.4 Å². The topological polar surface area (TPSA) is 12.5 Å². The maximum atomic E-state index is 13.4. The molecule has 0 amide bonds. The molecule has 0 fully saturated rings. The van der Waals surface area contributed by atoms with Gasteiger partial charge in [0.15, 0.2) is 11.6 Å². The van der Waals surface area contributed by atoms with Gasteiger partial charge < -0.3 is 4.74 Å². The summed E-state index contributed by atoms with van der Waals surface area (Å²) in [6.45, 7) is 3.08. The molecule has 0 aliphatic heterocycles. The number of hydrogen-bond acceptors (Lipinski definition) is 2. The molecule has 0 saturated heterocycles. The second kappa shape index (κ2) is 7.18. The molecule has 0 heterocycles. The Labute approximate surface area is 124 Å². The van der Waals surface area contributed by atoms with Crippen molar-refractivity contribution in [2.45, 2.75) is 13.0 Å². The molecule has 4 heteroatoms. The fourth-order valence-corrected chi connectivity index (χ4v) is 2.05. The molecule has 2 rings (SSSR count). The number of likely N-dealkylation sites (N-methyl/N-ethyl adjacent to an activating group) is 1. The second-order valence-electron chi connectivity index (χ2n) is 4.99. The lowest BCUT2D eigenvalue weighted by atomic mass is 10.1. The normalized spacial score (nSPS) is 12.4. The first kappa shape index (κ1) is 15.4. The Morgan fingerprint density at radius 3 is 2.38 bits per heavy atom. The number of halogens is 2. The van der Waals surface area contributed by atoms with E-state index in [9.17, 15) is 8.78 Å². The van der Waals surface area contributed by atoms with E-state index in [1.807, 2.05) is 14.0 Å². The molecule has 0 saturated carbocycles. The van der Waals surface area contributed by atoms with Gasteiger partial charge in [-0.2, -0.15) is 0 Å². The van der Waals surface area contributed by atoms with Gasteiger partial charge in [-0.15, -0.1) is 0 Å². The molecule has 1 unspecified atom stereocenters. The van der Waals surface area contributed by atoms with Gasteiger partial charge in [0.1, 0.15) is 12.4 Å². The van der Waals surface area contributed by atoms with Crippen molar-refractivity contribution in [1.29, 1.82) is 0 Å². The van der Waals surface area contributed by atoms with E-state index in [4.69, 9.17) is 4.74 Å². The molecule has 2 aromatic rings. The first-order valence-corrected chi connectivity index (χ1v) is 6.91. The molecule has 0 radical (unpaired) electrons. The van der Waals surface area contributed by atoms with E-state index in [0.29, 0.717) is 13.2 Å². The van der Waals surface area contributed by atoms with E-state index in [1.165, 1.54) is 18.2 Å². The third-order valence-electron chi connectivity index (χ3n) is 3.55. The Balaban J connectivity index is 1.85. The highest BCUT2D eigenvalue weighted by Crippen LogP contribution is 2.19. The Morgan fingerprint density at radius 2 is 1.71 bits per heavy atom. The van der Waals surface area contributed by atoms with Crippen LogP contribution in [0.4, 0.5) is 8.78 Å². The minimum Gasteiger partial charge on any atom is -0.489 e. The highest BCUT2D eigenvalue weighted by atomic mass is 19.1. The number of hydrogen-bond donors (Lipinski definition) is 0. The third-order valence-corrected chi connectivity index (χ3v) is 3.55. The molecule has 0 aliphatic rings. The second-order valence-corrected chi connectivity index (χ2v) is 4.99. The van der Waals surface area contributed by atoms with E-state index < -0.39 is 0 Å². The molecule has 0 aliphatic carbocycles. The number of para-hydroxylation sites is 1. The summed E-state index contributed by atoms with van der Waals surface area (Å²) in [7, 11) is 1.96. The van der Waals surface area contributed by atoms with Gasteiger partial charge in [-0.3, -0.25) is 4.90 Å². The predicted octanol–water partition coefficient (Wildman–Crippen LogP) is 4.04. The van der Waals surface area contributed by atoms with Crippen LogP contribution in [0.3, 0.4) is 0 Å². The highest BCUT2D eigenvalue weighted by molar-refractivity contribution is 5.23. The van der Waals surface area contributed by atoms with Gasteiger partial charge in [0.05, 0.1) is 0 Å². The molecule has 112 valence electrons. The smallest absolute Gasteiger partial charge is 0.165 e. The Hall–Kier alpha value is -1.94. The molecule has 21 heavy (non-hydrogen) atoms. The van der Waals surface area contributed by atoms with Crippen molar-refractivity contribution < 1.29 is 13.5 Å². The summed E-state index contributed by atoms with van der Waals surface area (Å²) < 4.78 is 31.7. The summed E-state index contributed by atoms with van der Waals surface area (Å²) in [4.78, 5) is 2.08. The van der Waals surface area contributed by atoms with Crippen LogP contribution in [0.1, 0.15) is 18.5 Å². The summed E-state index contributed by atoms with van der Waals surface area (Å²) in [5.74, 6) is -0.330. The zero-order valence-electron chi connectivity index (χ0n) is 12.2. The maximum Gasteiger partial charge on any atom is 0.165 e. The minimum absolute atomic E-state index is 0.134. The molecule has 1 atom stereocenters. The average molecular weight is 291 g/mol. The molecule has 0 bridgehead atoms. The minimum atomic E-state index is -0.355. The number of ether oxygens (including phenoxy) is 1. The van der Waals surface area contributed by atoms with Crippen LogP contribution in [0.15, 0.2) is 48.5 Å². The fraction of sp³-hybridized carbons (Fsp3) is 0.294. The van der Waals surface area contributed by atoms with Crippen LogP contribution in [-0.2, 0) is 0 Å². The SMILES string of the molecule is CC(c1ccc(F)cc1)N(C)CCOc1ccccc1F. The van der Waals surface area contributed by atoms with Crippen LogP contribution in [0.2, 0.25) is 0 Å². The summed E-state index contributed by atoms with van der Waals surface area (Å²) >= 11 is 0. The summed E-state index contributed by atoms with van der Waals surface area (Å²) in [6, 6.07) is 12.9. The average Bonchev–Trinajstić information content (AvgIpc) is 2.49. The van der Waals surface area contributed by atoms with Crippen molar-refractivity contribution >= 4 is 0 Å². The van der Waals surface area contributed by atoms with E-state index >= 15 is 0 Å². The quantitative estimate of drug-likeness (QED) is 0.796. The van der Waals surface area contributed by atoms with Crippen molar-refractivity contribution in [3.05, 3.63) is 65.7 Å². The number of nitrogens with zero attached hydrogens (tertiary/aromatic N) is 1. The van der Waals surface area contributed by atoms with Crippen LogP contribution >= 0.6 is 0 Å². The maximum absolute atomic E-state index is 13.4. The van der Waals surface area contributed by atoms with Gasteiger partial charge in [0.25, 0.3) is 0 Å². The van der Waals surface area contributed by atoms with E-state index in [0.717, 1.165) is 5.56 Å². The van der Waals surface area contributed by atoms with Gasteiger partial charge in [-0.1, -0.05) is 24.3 Å². The van der Waals surface area contributed by atoms with E-state index in [1.54, 1.807) is 30.3 Å². The lowest BCUT2D eigenvalue weighted by Crippen LogP contribution is -2.27. The number of benzene rings is 2. The van der Waals surface area contributed by atoms with Crippen LogP contribution in [0.5, 0.6) is 5.75 Å². The van der Waals surface area contributed by atoms with Gasteiger partial charge in [0.2, 0.25) is 0 Å². The third kappa shape index (κ3) is 4.26. The monoisotopic (exact) mass is 291 g/mol. The van der Waals surface area contributed by atoms with Crippen LogP contribution in [-0.4, -0.2) is 25.1 Å². The van der Waals surface area contributed by atoms with Crippen molar-refractivity contribution in [2.24, 2.45) is 0 Å². The van der Waals surface area contributed by atoms with Crippen molar-refractivity contribution in [2.75, 3.05) is 20.2 Å². The van der Waals surface area contributed by atoms with Gasteiger partial charge in [-0.05, 0) is 43.8 Å². The van der Waals surface area contributed by atoms with E-state index in [2.05, 4.69) is 4.90 Å². The number of rotatable bonds is 6. The van der Waals surface area contributed by atoms with Crippen molar-refractivity contribution in [3.63, 3.8) is 0 Å². The van der Waals surface area contributed by atoms with Crippen LogP contribution in [0, 0.1) is 11.6 Å². The van der Waals surface area contributed by atoms with Gasteiger partial charge in [0, 0.05) is 12.6 Å². The highest BCUT2D eigenvalue weighted by Gasteiger charge is 2.12.